The number of nitrogens with zero attached hydrogens (tertiary/aromatic N) is 1. The van der Waals surface area contributed by atoms with E-state index in [1.54, 1.807) is 0 Å². The van der Waals surface area contributed by atoms with Gasteiger partial charge in [-0.15, -0.1) is 0 Å². The Hall–Kier alpha value is -1.34. The molecule has 106 valence electrons. The smallest absolute Gasteiger partial charge is 0.178 e. The van der Waals surface area contributed by atoms with E-state index in [9.17, 15) is 0 Å². The Balaban J connectivity index is 2.27. The van der Waals surface area contributed by atoms with Crippen LogP contribution in [0.25, 0.3) is 22.5 Å². The Morgan fingerprint density at radius 3 is 2.67 bits per heavy atom. The van der Waals surface area contributed by atoms with Gasteiger partial charge in [-0.2, -0.15) is 0 Å². The first-order valence-electron chi connectivity index (χ1n) is 6.34. The van der Waals surface area contributed by atoms with Gasteiger partial charge in [0.1, 0.15) is 0 Å². The van der Waals surface area contributed by atoms with Gasteiger partial charge in [0.05, 0.1) is 5.56 Å². The quantitative estimate of drug-likeness (QED) is 0.537. The van der Waals surface area contributed by atoms with Gasteiger partial charge >= 0.3 is 0 Å². The summed E-state index contributed by atoms with van der Waals surface area (Å²) in [6.45, 7) is 2.05. The summed E-state index contributed by atoms with van der Waals surface area (Å²) in [6.07, 6.45) is 0. The standard InChI is InChI=1S/C16H12BrIN2O/c1-9-4-2-3-5-11(9)14-15(21-20-16(14)19)12-8-10(18)6-7-13(12)17/h2-8H,1H3,(H2,19,20). The van der Waals surface area contributed by atoms with Gasteiger partial charge in [-0.1, -0.05) is 45.4 Å². The van der Waals surface area contributed by atoms with E-state index in [4.69, 9.17) is 10.3 Å². The average molecular weight is 455 g/mol. The van der Waals surface area contributed by atoms with Crippen LogP contribution < -0.4 is 5.73 Å². The second-order valence-electron chi connectivity index (χ2n) is 4.71. The molecule has 0 radical (unpaired) electrons. The lowest BCUT2D eigenvalue weighted by molar-refractivity contribution is 0.436. The third-order valence-corrected chi connectivity index (χ3v) is 4.67. The van der Waals surface area contributed by atoms with E-state index in [0.29, 0.717) is 11.6 Å². The topological polar surface area (TPSA) is 52.0 Å². The maximum absolute atomic E-state index is 6.05. The number of anilines is 1. The van der Waals surface area contributed by atoms with Crippen LogP contribution in [0.5, 0.6) is 0 Å². The largest absolute Gasteiger partial charge is 0.380 e. The minimum Gasteiger partial charge on any atom is -0.380 e. The third-order valence-electron chi connectivity index (χ3n) is 3.31. The molecule has 1 aromatic heterocycles. The van der Waals surface area contributed by atoms with Crippen LogP contribution >= 0.6 is 38.5 Å². The molecule has 0 aliphatic rings. The molecule has 0 bridgehead atoms. The van der Waals surface area contributed by atoms with Crippen LogP contribution in [0.2, 0.25) is 0 Å². The Bertz CT molecular complexity index is 814. The van der Waals surface area contributed by atoms with Gasteiger partial charge in [-0.3, -0.25) is 0 Å². The molecule has 0 aliphatic heterocycles. The van der Waals surface area contributed by atoms with Crippen molar-refractivity contribution in [2.75, 3.05) is 5.73 Å². The molecule has 5 heteroatoms. The fourth-order valence-electron chi connectivity index (χ4n) is 2.27. The highest BCUT2D eigenvalue weighted by molar-refractivity contribution is 14.1. The van der Waals surface area contributed by atoms with Crippen LogP contribution in [-0.2, 0) is 0 Å². The van der Waals surface area contributed by atoms with E-state index in [-0.39, 0.29) is 0 Å². The van der Waals surface area contributed by atoms with Gasteiger partial charge in [0.2, 0.25) is 0 Å². The number of hydrogen-bond donors (Lipinski definition) is 1. The highest BCUT2D eigenvalue weighted by Gasteiger charge is 2.20. The maximum Gasteiger partial charge on any atom is 0.178 e. The molecule has 0 fully saturated rings. The molecule has 2 aromatic carbocycles. The summed E-state index contributed by atoms with van der Waals surface area (Å²) in [6, 6.07) is 14.1. The van der Waals surface area contributed by atoms with Crippen molar-refractivity contribution in [2.24, 2.45) is 0 Å². The predicted octanol–water partition coefficient (Wildman–Crippen LogP) is 5.27. The summed E-state index contributed by atoms with van der Waals surface area (Å²) in [7, 11) is 0. The Kier molecular flexibility index (Phi) is 4.03. The summed E-state index contributed by atoms with van der Waals surface area (Å²) < 4.78 is 7.59. The zero-order chi connectivity index (χ0) is 15.0. The van der Waals surface area contributed by atoms with Gasteiger partial charge in [-0.05, 0) is 58.8 Å². The Morgan fingerprint density at radius 2 is 1.90 bits per heavy atom. The highest BCUT2D eigenvalue weighted by Crippen LogP contribution is 2.41. The first-order chi connectivity index (χ1) is 10.1. The molecule has 0 aliphatic carbocycles. The molecule has 1 heterocycles. The summed E-state index contributed by atoms with van der Waals surface area (Å²) in [4.78, 5) is 0. The minimum absolute atomic E-state index is 0.407. The number of aromatic nitrogens is 1. The van der Waals surface area contributed by atoms with E-state index < -0.39 is 0 Å². The van der Waals surface area contributed by atoms with Crippen LogP contribution in [0.1, 0.15) is 5.56 Å². The molecule has 0 saturated carbocycles. The number of benzene rings is 2. The van der Waals surface area contributed by atoms with Crippen molar-refractivity contribution >= 4 is 44.3 Å². The number of halogens is 2. The van der Waals surface area contributed by atoms with Crippen molar-refractivity contribution in [3.63, 3.8) is 0 Å². The Morgan fingerprint density at radius 1 is 1.14 bits per heavy atom. The van der Waals surface area contributed by atoms with Crippen molar-refractivity contribution in [3.05, 3.63) is 56.1 Å². The number of hydrogen-bond acceptors (Lipinski definition) is 3. The zero-order valence-corrected chi connectivity index (χ0v) is 15.0. The molecule has 0 atom stereocenters. The molecule has 0 spiro atoms. The van der Waals surface area contributed by atoms with Gasteiger partial charge in [-0.25, -0.2) is 0 Å². The summed E-state index contributed by atoms with van der Waals surface area (Å²) in [5.41, 5.74) is 10.0. The molecule has 0 unspecified atom stereocenters. The normalized spacial score (nSPS) is 10.8. The zero-order valence-electron chi connectivity index (χ0n) is 11.2. The van der Waals surface area contributed by atoms with E-state index in [0.717, 1.165) is 30.3 Å². The second-order valence-corrected chi connectivity index (χ2v) is 6.81. The predicted molar refractivity (Wildman–Crippen MR) is 96.9 cm³/mol. The lowest BCUT2D eigenvalue weighted by Gasteiger charge is -2.08. The van der Waals surface area contributed by atoms with Crippen molar-refractivity contribution in [1.29, 1.82) is 0 Å². The first kappa shape index (κ1) is 14.6. The number of aryl methyl sites for hydroxylation is 1. The summed E-state index contributed by atoms with van der Waals surface area (Å²) in [5, 5.41) is 3.96. The molecule has 3 nitrogen and oxygen atoms in total. The molecule has 0 amide bonds. The van der Waals surface area contributed by atoms with E-state index in [2.05, 4.69) is 56.7 Å². The van der Waals surface area contributed by atoms with Gasteiger partial charge < -0.3 is 10.3 Å². The molecule has 0 saturated heterocycles. The van der Waals surface area contributed by atoms with E-state index in [1.165, 1.54) is 0 Å². The van der Waals surface area contributed by atoms with Gasteiger partial charge in [0, 0.05) is 13.6 Å². The average Bonchev–Trinajstić information content (AvgIpc) is 2.84. The lowest BCUT2D eigenvalue weighted by atomic mass is 9.98. The number of nitrogens with two attached hydrogens (primary N) is 1. The van der Waals surface area contributed by atoms with Crippen LogP contribution in [-0.4, -0.2) is 5.16 Å². The van der Waals surface area contributed by atoms with Crippen molar-refractivity contribution in [1.82, 2.24) is 5.16 Å². The highest BCUT2D eigenvalue weighted by atomic mass is 127. The van der Waals surface area contributed by atoms with Gasteiger partial charge in [0.15, 0.2) is 11.6 Å². The number of nitrogen functional groups attached to an aromatic ring is 1. The SMILES string of the molecule is Cc1ccccc1-c1c(N)noc1-c1cc(I)ccc1Br. The molecular formula is C16H12BrIN2O. The van der Waals surface area contributed by atoms with Crippen LogP contribution in [0.15, 0.2) is 51.5 Å². The monoisotopic (exact) mass is 454 g/mol. The van der Waals surface area contributed by atoms with E-state index in [1.807, 2.05) is 36.4 Å². The van der Waals surface area contributed by atoms with Crippen LogP contribution in [0.4, 0.5) is 5.82 Å². The van der Waals surface area contributed by atoms with Crippen molar-refractivity contribution < 1.29 is 4.52 Å². The summed E-state index contributed by atoms with van der Waals surface area (Å²) >= 11 is 5.84. The van der Waals surface area contributed by atoms with Gasteiger partial charge in [0.25, 0.3) is 0 Å². The molecular weight excluding hydrogens is 443 g/mol. The fourth-order valence-corrected chi connectivity index (χ4v) is 3.19. The third kappa shape index (κ3) is 2.72. The second kappa shape index (κ2) is 5.81. The van der Waals surface area contributed by atoms with Crippen molar-refractivity contribution in [3.8, 4) is 22.5 Å². The van der Waals surface area contributed by atoms with Crippen LogP contribution in [0, 0.1) is 10.5 Å². The molecule has 3 rings (SSSR count). The molecule has 21 heavy (non-hydrogen) atoms. The maximum atomic E-state index is 6.05. The fraction of sp³-hybridized carbons (Fsp3) is 0.0625. The molecule has 2 N–H and O–H groups in total. The first-order valence-corrected chi connectivity index (χ1v) is 8.21. The minimum atomic E-state index is 0.407. The summed E-state index contributed by atoms with van der Waals surface area (Å²) in [5.74, 6) is 1.09. The Labute approximate surface area is 144 Å². The van der Waals surface area contributed by atoms with E-state index >= 15 is 0 Å². The van der Waals surface area contributed by atoms with Crippen molar-refractivity contribution in [2.45, 2.75) is 6.92 Å². The van der Waals surface area contributed by atoms with Crippen LogP contribution in [0.3, 0.4) is 0 Å². The molecule has 3 aromatic rings. The lowest BCUT2D eigenvalue weighted by Crippen LogP contribution is -1.91. The number of rotatable bonds is 2.